The summed E-state index contributed by atoms with van der Waals surface area (Å²) in [5.74, 6) is 0.750. The van der Waals surface area contributed by atoms with Crippen molar-refractivity contribution in [3.63, 3.8) is 0 Å². The molecule has 0 saturated carbocycles. The average molecular weight is 201 g/mol. The Morgan fingerprint density at radius 1 is 1.27 bits per heavy atom. The Kier molecular flexibility index (Phi) is 2.81. The van der Waals surface area contributed by atoms with Crippen LogP contribution in [-0.2, 0) is 6.54 Å². The molecule has 1 atom stereocenters. The SMILES string of the molecule is CCC(C)Cn1c(C)cc2ccccc21. The van der Waals surface area contributed by atoms with Crippen molar-refractivity contribution in [1.29, 1.82) is 0 Å². The number of nitrogens with zero attached hydrogens (tertiary/aromatic N) is 1. The standard InChI is InChI=1S/C14H19N/c1-4-11(2)10-15-12(3)9-13-7-5-6-8-14(13)15/h5-9,11H,4,10H2,1-3H3. The van der Waals surface area contributed by atoms with Crippen molar-refractivity contribution in [2.45, 2.75) is 33.7 Å². The quantitative estimate of drug-likeness (QED) is 0.707. The lowest BCUT2D eigenvalue weighted by atomic mass is 10.1. The van der Waals surface area contributed by atoms with Crippen LogP contribution in [0.25, 0.3) is 10.9 Å². The molecule has 2 aromatic rings. The van der Waals surface area contributed by atoms with E-state index in [1.165, 1.54) is 23.0 Å². The summed E-state index contributed by atoms with van der Waals surface area (Å²) in [6.07, 6.45) is 1.24. The van der Waals surface area contributed by atoms with Gasteiger partial charge in [-0.1, -0.05) is 38.5 Å². The maximum atomic E-state index is 2.43. The van der Waals surface area contributed by atoms with Gasteiger partial charge in [-0.2, -0.15) is 0 Å². The zero-order chi connectivity index (χ0) is 10.8. The first-order valence-electron chi connectivity index (χ1n) is 5.77. The predicted molar refractivity (Wildman–Crippen MR) is 66.1 cm³/mol. The normalized spacial score (nSPS) is 13.3. The summed E-state index contributed by atoms with van der Waals surface area (Å²) in [5.41, 5.74) is 2.74. The summed E-state index contributed by atoms with van der Waals surface area (Å²) in [7, 11) is 0. The minimum absolute atomic E-state index is 0.750. The first-order valence-corrected chi connectivity index (χ1v) is 5.77. The molecule has 15 heavy (non-hydrogen) atoms. The van der Waals surface area contributed by atoms with Crippen LogP contribution in [0.3, 0.4) is 0 Å². The average Bonchev–Trinajstić information content (AvgIpc) is 2.55. The van der Waals surface area contributed by atoms with Crippen molar-refractivity contribution in [1.82, 2.24) is 4.57 Å². The molecule has 1 unspecified atom stereocenters. The summed E-state index contributed by atoms with van der Waals surface area (Å²) < 4.78 is 2.43. The number of rotatable bonds is 3. The summed E-state index contributed by atoms with van der Waals surface area (Å²) in [5, 5.41) is 1.36. The molecule has 0 amide bonds. The van der Waals surface area contributed by atoms with E-state index in [1.807, 2.05) is 0 Å². The molecule has 0 fully saturated rings. The highest BCUT2D eigenvalue weighted by Crippen LogP contribution is 2.21. The fourth-order valence-corrected chi connectivity index (χ4v) is 2.03. The Morgan fingerprint density at radius 3 is 2.73 bits per heavy atom. The molecule has 1 aromatic carbocycles. The van der Waals surface area contributed by atoms with E-state index in [1.54, 1.807) is 0 Å². The van der Waals surface area contributed by atoms with Crippen molar-refractivity contribution < 1.29 is 0 Å². The van der Waals surface area contributed by atoms with Gasteiger partial charge < -0.3 is 4.57 Å². The van der Waals surface area contributed by atoms with Gasteiger partial charge in [-0.15, -0.1) is 0 Å². The van der Waals surface area contributed by atoms with Gasteiger partial charge in [0.2, 0.25) is 0 Å². The maximum absolute atomic E-state index is 2.43. The van der Waals surface area contributed by atoms with E-state index < -0.39 is 0 Å². The van der Waals surface area contributed by atoms with Crippen molar-refractivity contribution in [2.75, 3.05) is 0 Å². The third kappa shape index (κ3) is 1.92. The molecule has 1 aromatic heterocycles. The molecular weight excluding hydrogens is 182 g/mol. The summed E-state index contributed by atoms with van der Waals surface area (Å²) in [6, 6.07) is 10.9. The summed E-state index contributed by atoms with van der Waals surface area (Å²) in [4.78, 5) is 0. The van der Waals surface area contributed by atoms with Crippen LogP contribution in [0.5, 0.6) is 0 Å². The van der Waals surface area contributed by atoms with Gasteiger partial charge in [0.25, 0.3) is 0 Å². The van der Waals surface area contributed by atoms with E-state index in [9.17, 15) is 0 Å². The van der Waals surface area contributed by atoms with E-state index in [4.69, 9.17) is 0 Å². The monoisotopic (exact) mass is 201 g/mol. The second-order valence-corrected chi connectivity index (χ2v) is 4.47. The Morgan fingerprint density at radius 2 is 2.00 bits per heavy atom. The molecule has 0 spiro atoms. The van der Waals surface area contributed by atoms with Gasteiger partial charge in [0.05, 0.1) is 0 Å². The fourth-order valence-electron chi connectivity index (χ4n) is 2.03. The molecule has 0 aliphatic rings. The van der Waals surface area contributed by atoms with Crippen LogP contribution in [0.2, 0.25) is 0 Å². The maximum Gasteiger partial charge on any atom is 0.0482 e. The Hall–Kier alpha value is -1.24. The number of fused-ring (bicyclic) bond motifs is 1. The molecule has 0 radical (unpaired) electrons. The van der Waals surface area contributed by atoms with Crippen LogP contribution < -0.4 is 0 Å². The first-order chi connectivity index (χ1) is 7.22. The van der Waals surface area contributed by atoms with E-state index in [0.717, 1.165) is 12.5 Å². The summed E-state index contributed by atoms with van der Waals surface area (Å²) in [6.45, 7) is 7.90. The Bertz CT molecular complexity index is 453. The molecule has 0 saturated heterocycles. The zero-order valence-electron chi connectivity index (χ0n) is 9.83. The molecule has 0 aliphatic carbocycles. The first kappa shape index (κ1) is 10.3. The zero-order valence-corrected chi connectivity index (χ0v) is 9.83. The van der Waals surface area contributed by atoms with E-state index in [-0.39, 0.29) is 0 Å². The van der Waals surface area contributed by atoms with E-state index in [0.29, 0.717) is 0 Å². The van der Waals surface area contributed by atoms with Gasteiger partial charge in [0.15, 0.2) is 0 Å². The van der Waals surface area contributed by atoms with Gasteiger partial charge in [-0.05, 0) is 30.4 Å². The van der Waals surface area contributed by atoms with Gasteiger partial charge >= 0.3 is 0 Å². The third-order valence-corrected chi connectivity index (χ3v) is 3.21. The lowest BCUT2D eigenvalue weighted by Crippen LogP contribution is -2.07. The molecule has 0 aliphatic heterocycles. The highest BCUT2D eigenvalue weighted by molar-refractivity contribution is 5.81. The highest BCUT2D eigenvalue weighted by atomic mass is 15.0. The Balaban J connectivity index is 2.45. The lowest BCUT2D eigenvalue weighted by molar-refractivity contribution is 0.472. The molecule has 80 valence electrons. The number of aryl methyl sites for hydroxylation is 1. The number of para-hydroxylation sites is 1. The molecule has 1 nitrogen and oxygen atoms in total. The van der Waals surface area contributed by atoms with Crippen LogP contribution in [0, 0.1) is 12.8 Å². The lowest BCUT2D eigenvalue weighted by Gasteiger charge is -2.13. The molecule has 0 bridgehead atoms. The molecule has 1 heterocycles. The van der Waals surface area contributed by atoms with Gasteiger partial charge in [0.1, 0.15) is 0 Å². The Labute approximate surface area is 91.7 Å². The van der Waals surface area contributed by atoms with Crippen LogP contribution in [0.15, 0.2) is 30.3 Å². The third-order valence-electron chi connectivity index (χ3n) is 3.21. The van der Waals surface area contributed by atoms with E-state index in [2.05, 4.69) is 55.7 Å². The number of hydrogen-bond acceptors (Lipinski definition) is 0. The van der Waals surface area contributed by atoms with Crippen LogP contribution in [0.4, 0.5) is 0 Å². The largest absolute Gasteiger partial charge is 0.345 e. The minimum Gasteiger partial charge on any atom is -0.345 e. The van der Waals surface area contributed by atoms with Crippen LogP contribution in [-0.4, -0.2) is 4.57 Å². The number of aromatic nitrogens is 1. The van der Waals surface area contributed by atoms with Crippen LogP contribution >= 0.6 is 0 Å². The van der Waals surface area contributed by atoms with Crippen molar-refractivity contribution >= 4 is 10.9 Å². The molecule has 1 heteroatoms. The predicted octanol–water partition coefficient (Wildman–Crippen LogP) is 4.00. The smallest absolute Gasteiger partial charge is 0.0482 e. The van der Waals surface area contributed by atoms with Gasteiger partial charge in [-0.3, -0.25) is 0 Å². The van der Waals surface area contributed by atoms with E-state index >= 15 is 0 Å². The molecule has 0 N–H and O–H groups in total. The number of benzene rings is 1. The fraction of sp³-hybridized carbons (Fsp3) is 0.429. The second kappa shape index (κ2) is 4.09. The van der Waals surface area contributed by atoms with Gasteiger partial charge in [-0.25, -0.2) is 0 Å². The van der Waals surface area contributed by atoms with Crippen molar-refractivity contribution in [3.05, 3.63) is 36.0 Å². The van der Waals surface area contributed by atoms with Crippen LogP contribution in [0.1, 0.15) is 26.0 Å². The minimum atomic E-state index is 0.750. The van der Waals surface area contributed by atoms with Gasteiger partial charge in [0, 0.05) is 17.8 Å². The van der Waals surface area contributed by atoms with Crippen molar-refractivity contribution in [2.24, 2.45) is 5.92 Å². The highest BCUT2D eigenvalue weighted by Gasteiger charge is 2.07. The molecular formula is C14H19N. The topological polar surface area (TPSA) is 4.93 Å². The number of hydrogen-bond donors (Lipinski definition) is 0. The van der Waals surface area contributed by atoms with Crippen molar-refractivity contribution in [3.8, 4) is 0 Å². The second-order valence-electron chi connectivity index (χ2n) is 4.47. The molecule has 2 rings (SSSR count). The summed E-state index contributed by atoms with van der Waals surface area (Å²) >= 11 is 0.